The van der Waals surface area contributed by atoms with Crippen LogP contribution in [0.1, 0.15) is 46.2 Å². The summed E-state index contributed by atoms with van der Waals surface area (Å²) in [5.74, 6) is 0. The van der Waals surface area contributed by atoms with Crippen molar-refractivity contribution in [3.63, 3.8) is 0 Å². The molecule has 0 fully saturated rings. The quantitative estimate of drug-likeness (QED) is 0.195. The minimum absolute atomic E-state index is 0. The largest absolute Gasteiger partial charge is 0.341 e. The van der Waals surface area contributed by atoms with Gasteiger partial charge >= 0.3 is 0 Å². The van der Waals surface area contributed by atoms with Gasteiger partial charge in [0.25, 0.3) is 0 Å². The minimum Gasteiger partial charge on any atom is -0.341 e. The fraction of sp³-hybridized carbons (Fsp3) is 0.333. The molecular weight excluding hydrogens is 617 g/mol. The molecule has 6 rings (SSSR count). The summed E-state index contributed by atoms with van der Waals surface area (Å²) >= 11 is 6.27. The zero-order valence-electron chi connectivity index (χ0n) is 27.1. The molecular formula is C39H48Cl3N3. The van der Waals surface area contributed by atoms with Gasteiger partial charge in [0.15, 0.2) is 0 Å². The summed E-state index contributed by atoms with van der Waals surface area (Å²) in [6.07, 6.45) is 9.08. The minimum atomic E-state index is 0. The number of benzene rings is 4. The van der Waals surface area contributed by atoms with E-state index in [2.05, 4.69) is 134 Å². The number of hydrogen-bond donors (Lipinski definition) is 0. The normalized spacial score (nSPS) is 13.0. The lowest BCUT2D eigenvalue weighted by molar-refractivity contribution is 0.402. The lowest BCUT2D eigenvalue weighted by atomic mass is 9.93. The van der Waals surface area contributed by atoms with Crippen molar-refractivity contribution in [1.29, 1.82) is 0 Å². The summed E-state index contributed by atoms with van der Waals surface area (Å²) < 4.78 is 0. The maximum absolute atomic E-state index is 6.27. The monoisotopic (exact) mass is 663 g/mol. The van der Waals surface area contributed by atoms with Crippen LogP contribution in [0.3, 0.4) is 0 Å². The summed E-state index contributed by atoms with van der Waals surface area (Å²) in [5.41, 5.74) is 12.6. The van der Waals surface area contributed by atoms with Crippen LogP contribution in [0.25, 0.3) is 5.57 Å². The first-order chi connectivity index (χ1) is 20.9. The molecule has 0 saturated heterocycles. The summed E-state index contributed by atoms with van der Waals surface area (Å²) in [4.78, 5) is 6.93. The fourth-order valence-corrected chi connectivity index (χ4v) is 6.44. The maximum atomic E-state index is 6.27. The summed E-state index contributed by atoms with van der Waals surface area (Å²) in [6.45, 7) is 3.20. The highest BCUT2D eigenvalue weighted by atomic mass is 35.5. The lowest BCUT2D eigenvalue weighted by Crippen LogP contribution is -2.24. The molecule has 0 aromatic heterocycles. The molecule has 0 amide bonds. The summed E-state index contributed by atoms with van der Waals surface area (Å²) in [6, 6.07) is 32.8. The van der Waals surface area contributed by atoms with Gasteiger partial charge in [-0.3, -0.25) is 0 Å². The van der Waals surface area contributed by atoms with Crippen molar-refractivity contribution >= 4 is 53.4 Å². The van der Waals surface area contributed by atoms with Crippen molar-refractivity contribution in [3.8, 4) is 0 Å². The first-order valence-corrected chi connectivity index (χ1v) is 16.1. The lowest BCUT2D eigenvalue weighted by Gasteiger charge is -2.27. The van der Waals surface area contributed by atoms with Gasteiger partial charge in [-0.15, -0.1) is 24.8 Å². The van der Waals surface area contributed by atoms with E-state index in [1.54, 1.807) is 0 Å². The maximum Gasteiger partial charge on any atom is 0.0458 e. The van der Waals surface area contributed by atoms with E-state index in [0.29, 0.717) is 0 Å². The molecule has 6 heteroatoms. The number of fused-ring (bicyclic) bond motifs is 4. The first kappa shape index (κ1) is 36.7. The first-order valence-electron chi connectivity index (χ1n) is 15.7. The Morgan fingerprint density at radius 1 is 0.622 bits per heavy atom. The number of nitrogens with zero attached hydrogens (tertiary/aromatic N) is 3. The van der Waals surface area contributed by atoms with Crippen LogP contribution < -0.4 is 4.90 Å². The Kier molecular flexibility index (Phi) is 14.5. The number of aryl methyl sites for hydroxylation is 4. The highest BCUT2D eigenvalue weighted by molar-refractivity contribution is 6.30. The zero-order chi connectivity index (χ0) is 30.2. The highest BCUT2D eigenvalue weighted by Crippen LogP contribution is 2.37. The summed E-state index contributed by atoms with van der Waals surface area (Å²) in [5, 5.41) is 0.816. The smallest absolute Gasteiger partial charge is 0.0458 e. The molecule has 240 valence electrons. The molecule has 1 aliphatic heterocycles. The number of hydrogen-bond acceptors (Lipinski definition) is 3. The van der Waals surface area contributed by atoms with E-state index < -0.39 is 0 Å². The standard InChI is InChI=1S/C20H23N.C19H23ClN2.2ClH/c1-21(2)15-7-12-20-18-10-5-3-8-16(18)13-14-17-9-4-6-11-19(17)20;1-21(2)12-5-13-22-18-7-4-3-6-15(18)8-9-16-10-11-17(20)14-19(16)22;;/h3-6,8-12H,7,13-15H2,1-2H3;3-4,6-7,10-11,14H,5,8-9,12-13H2,1-2H3;2*1H. The van der Waals surface area contributed by atoms with Gasteiger partial charge in [-0.2, -0.15) is 0 Å². The Labute approximate surface area is 288 Å². The van der Waals surface area contributed by atoms with Crippen molar-refractivity contribution in [1.82, 2.24) is 9.80 Å². The van der Waals surface area contributed by atoms with Crippen LogP contribution in [0.5, 0.6) is 0 Å². The molecule has 0 radical (unpaired) electrons. The van der Waals surface area contributed by atoms with Crippen LogP contribution in [0.2, 0.25) is 5.02 Å². The topological polar surface area (TPSA) is 9.72 Å². The molecule has 0 atom stereocenters. The van der Waals surface area contributed by atoms with E-state index in [1.807, 2.05) is 6.07 Å². The van der Waals surface area contributed by atoms with Crippen molar-refractivity contribution in [3.05, 3.63) is 135 Å². The SMILES string of the molecule is CN(C)CCC=C1c2ccccc2CCc2ccccc21.CN(C)CCCN1c2ccccc2CCc2ccc(Cl)cc21.Cl.Cl. The van der Waals surface area contributed by atoms with Crippen LogP contribution in [0.15, 0.2) is 97.1 Å². The Balaban J connectivity index is 0.000000235. The van der Waals surface area contributed by atoms with Gasteiger partial charge in [0.1, 0.15) is 0 Å². The second-order valence-corrected chi connectivity index (χ2v) is 12.7. The Morgan fingerprint density at radius 3 is 1.73 bits per heavy atom. The van der Waals surface area contributed by atoms with Crippen molar-refractivity contribution in [2.75, 3.05) is 52.7 Å². The molecule has 2 aliphatic rings. The van der Waals surface area contributed by atoms with Crippen LogP contribution in [-0.4, -0.2) is 57.6 Å². The van der Waals surface area contributed by atoms with Gasteiger partial charge in [-0.1, -0.05) is 90.5 Å². The molecule has 1 aliphatic carbocycles. The van der Waals surface area contributed by atoms with Gasteiger partial charge in [0.2, 0.25) is 0 Å². The average molecular weight is 665 g/mol. The second-order valence-electron chi connectivity index (χ2n) is 12.2. The van der Waals surface area contributed by atoms with Crippen molar-refractivity contribution in [2.24, 2.45) is 0 Å². The van der Waals surface area contributed by atoms with E-state index in [0.717, 1.165) is 63.2 Å². The fourth-order valence-electron chi connectivity index (χ4n) is 6.27. The molecule has 45 heavy (non-hydrogen) atoms. The Morgan fingerprint density at radius 2 is 1.13 bits per heavy atom. The zero-order valence-corrected chi connectivity index (χ0v) is 29.5. The van der Waals surface area contributed by atoms with Gasteiger partial charge in [0.05, 0.1) is 0 Å². The number of halogens is 3. The molecule has 0 unspecified atom stereocenters. The third kappa shape index (κ3) is 9.61. The average Bonchev–Trinajstić information content (AvgIpc) is 3.26. The molecule has 1 heterocycles. The van der Waals surface area contributed by atoms with Crippen LogP contribution in [0, 0.1) is 0 Å². The second kappa shape index (κ2) is 17.8. The third-order valence-electron chi connectivity index (χ3n) is 8.47. The van der Waals surface area contributed by atoms with Crippen LogP contribution in [0.4, 0.5) is 11.4 Å². The molecule has 0 spiro atoms. The number of para-hydroxylation sites is 1. The van der Waals surface area contributed by atoms with E-state index in [-0.39, 0.29) is 24.8 Å². The van der Waals surface area contributed by atoms with Gasteiger partial charge < -0.3 is 14.7 Å². The molecule has 4 aromatic carbocycles. The third-order valence-corrected chi connectivity index (χ3v) is 8.71. The predicted octanol–water partition coefficient (Wildman–Crippen LogP) is 9.54. The number of rotatable bonds is 7. The van der Waals surface area contributed by atoms with E-state index >= 15 is 0 Å². The van der Waals surface area contributed by atoms with E-state index in [4.69, 9.17) is 11.6 Å². The summed E-state index contributed by atoms with van der Waals surface area (Å²) in [7, 11) is 8.52. The number of anilines is 2. The molecule has 3 nitrogen and oxygen atoms in total. The molecule has 4 aromatic rings. The van der Waals surface area contributed by atoms with Gasteiger partial charge in [-0.05, 0) is 130 Å². The van der Waals surface area contributed by atoms with Crippen molar-refractivity contribution in [2.45, 2.75) is 38.5 Å². The molecule has 0 saturated carbocycles. The van der Waals surface area contributed by atoms with Crippen LogP contribution in [-0.2, 0) is 25.7 Å². The van der Waals surface area contributed by atoms with Gasteiger partial charge in [0, 0.05) is 29.5 Å². The predicted molar refractivity (Wildman–Crippen MR) is 201 cm³/mol. The Hall–Kier alpha value is -2.79. The molecule has 0 bridgehead atoms. The van der Waals surface area contributed by atoms with Gasteiger partial charge in [-0.25, -0.2) is 0 Å². The van der Waals surface area contributed by atoms with E-state index in [1.165, 1.54) is 50.3 Å². The van der Waals surface area contributed by atoms with Crippen molar-refractivity contribution < 1.29 is 0 Å². The van der Waals surface area contributed by atoms with E-state index in [9.17, 15) is 0 Å². The molecule has 0 N–H and O–H groups in total. The highest BCUT2D eigenvalue weighted by Gasteiger charge is 2.20. The van der Waals surface area contributed by atoms with Crippen LogP contribution >= 0.6 is 36.4 Å². The Bertz CT molecular complexity index is 1500.